The van der Waals surface area contributed by atoms with E-state index in [1.807, 2.05) is 0 Å². The zero-order valence-electron chi connectivity index (χ0n) is 19.2. The lowest BCUT2D eigenvalue weighted by atomic mass is 10.2. The van der Waals surface area contributed by atoms with Crippen LogP contribution in [-0.4, -0.2) is 35.6 Å². The van der Waals surface area contributed by atoms with Gasteiger partial charge in [0.2, 0.25) is 5.95 Å². The third kappa shape index (κ3) is 5.31. The summed E-state index contributed by atoms with van der Waals surface area (Å²) in [5.74, 6) is -4.37. The van der Waals surface area contributed by atoms with Crippen molar-refractivity contribution >= 4 is 22.5 Å². The van der Waals surface area contributed by atoms with Crippen LogP contribution in [0, 0.1) is 17.6 Å². The van der Waals surface area contributed by atoms with E-state index in [9.17, 15) is 18.0 Å². The molecule has 0 bridgehead atoms. The summed E-state index contributed by atoms with van der Waals surface area (Å²) >= 11 is 0. The maximum absolute atomic E-state index is 14.8. The summed E-state index contributed by atoms with van der Waals surface area (Å²) in [7, 11) is 1.24. The summed E-state index contributed by atoms with van der Waals surface area (Å²) in [6, 6.07) is 9.24. The number of halogens is 3. The third-order valence-corrected chi connectivity index (χ3v) is 4.97. The molecule has 36 heavy (non-hydrogen) atoms. The van der Waals surface area contributed by atoms with Gasteiger partial charge in [-0.15, -0.1) is 0 Å². The van der Waals surface area contributed by atoms with E-state index in [-0.39, 0.29) is 23.2 Å². The number of nitrogens with two attached hydrogens (primary N) is 1. The van der Waals surface area contributed by atoms with Crippen LogP contribution >= 0.6 is 0 Å². The lowest BCUT2D eigenvalue weighted by molar-refractivity contribution is 0.101. The molecule has 1 amide bonds. The second kappa shape index (κ2) is 10.5. The van der Waals surface area contributed by atoms with Gasteiger partial charge in [0.1, 0.15) is 29.4 Å². The number of fused-ring (bicyclic) bond motifs is 1. The van der Waals surface area contributed by atoms with Crippen LogP contribution in [0.5, 0.6) is 23.0 Å². The molecule has 0 aliphatic heterocycles. The molecule has 0 radical (unpaired) electrons. The Labute approximate surface area is 203 Å². The van der Waals surface area contributed by atoms with E-state index < -0.39 is 34.8 Å². The average Bonchev–Trinajstić information content (AvgIpc) is 2.84. The van der Waals surface area contributed by atoms with E-state index >= 15 is 0 Å². The standard InChI is InChI=1S/C25H21F3N4O4/c1-13(29)12-35-15-3-4-16-19(11-15)30-7-5-20(16)36-23-17(26)9-14(10-18(23)27)32-25(33)22-21(34-2)6-8-31-24(22)28/h3-11,13H,12,29H2,1-2H3,(H,32,33). The summed E-state index contributed by atoms with van der Waals surface area (Å²) < 4.78 is 59.8. The maximum atomic E-state index is 14.8. The van der Waals surface area contributed by atoms with Gasteiger partial charge >= 0.3 is 0 Å². The third-order valence-electron chi connectivity index (χ3n) is 4.97. The van der Waals surface area contributed by atoms with Gasteiger partial charge < -0.3 is 25.3 Å². The minimum Gasteiger partial charge on any atom is -0.496 e. The highest BCUT2D eigenvalue weighted by Gasteiger charge is 2.21. The Hall–Kier alpha value is -4.38. The lowest BCUT2D eigenvalue weighted by Gasteiger charge is -2.14. The fraction of sp³-hybridized carbons (Fsp3) is 0.160. The predicted octanol–water partition coefficient (Wildman–Crippen LogP) is 4.83. The Morgan fingerprint density at radius 2 is 1.72 bits per heavy atom. The molecule has 4 rings (SSSR count). The lowest BCUT2D eigenvalue weighted by Crippen LogP contribution is -2.23. The van der Waals surface area contributed by atoms with Crippen molar-refractivity contribution in [1.82, 2.24) is 9.97 Å². The molecule has 186 valence electrons. The van der Waals surface area contributed by atoms with Gasteiger partial charge in [0, 0.05) is 47.7 Å². The van der Waals surface area contributed by atoms with Gasteiger partial charge in [-0.1, -0.05) is 0 Å². The van der Waals surface area contributed by atoms with Gasteiger partial charge in [-0.25, -0.2) is 13.8 Å². The summed E-state index contributed by atoms with van der Waals surface area (Å²) in [5, 5.41) is 2.72. The van der Waals surface area contributed by atoms with Crippen molar-refractivity contribution in [1.29, 1.82) is 0 Å². The first kappa shape index (κ1) is 24.7. The molecule has 0 spiro atoms. The van der Waals surface area contributed by atoms with E-state index in [4.69, 9.17) is 19.9 Å². The molecule has 11 heteroatoms. The summed E-state index contributed by atoms with van der Waals surface area (Å²) in [5.41, 5.74) is 5.41. The van der Waals surface area contributed by atoms with Crippen LogP contribution < -0.4 is 25.3 Å². The first-order valence-corrected chi connectivity index (χ1v) is 10.7. The van der Waals surface area contributed by atoms with Crippen LogP contribution in [0.4, 0.5) is 18.9 Å². The Bertz CT molecular complexity index is 1410. The topological polar surface area (TPSA) is 109 Å². The number of nitrogens with zero attached hydrogens (tertiary/aromatic N) is 2. The monoisotopic (exact) mass is 498 g/mol. The number of carbonyl (C=O) groups is 1. The minimum atomic E-state index is -1.09. The van der Waals surface area contributed by atoms with Crippen molar-refractivity contribution in [2.45, 2.75) is 13.0 Å². The Morgan fingerprint density at radius 1 is 1.03 bits per heavy atom. The fourth-order valence-corrected chi connectivity index (χ4v) is 3.34. The van der Waals surface area contributed by atoms with Crippen molar-refractivity contribution in [3.05, 3.63) is 78.0 Å². The van der Waals surface area contributed by atoms with Gasteiger partial charge in [0.05, 0.1) is 12.6 Å². The minimum absolute atomic E-state index is 0.0865. The largest absolute Gasteiger partial charge is 0.496 e. The summed E-state index contributed by atoms with van der Waals surface area (Å²) in [6.45, 7) is 2.11. The molecule has 0 aliphatic carbocycles. The normalized spacial score (nSPS) is 11.7. The first-order chi connectivity index (χ1) is 17.3. The highest BCUT2D eigenvalue weighted by atomic mass is 19.1. The molecule has 2 aromatic heterocycles. The highest BCUT2D eigenvalue weighted by Crippen LogP contribution is 2.35. The molecule has 2 aromatic carbocycles. The molecule has 8 nitrogen and oxygen atoms in total. The zero-order valence-corrected chi connectivity index (χ0v) is 19.2. The van der Waals surface area contributed by atoms with E-state index in [0.717, 1.165) is 18.3 Å². The number of hydrogen-bond donors (Lipinski definition) is 2. The molecule has 1 unspecified atom stereocenters. The van der Waals surface area contributed by atoms with Gasteiger partial charge in [-0.3, -0.25) is 9.78 Å². The van der Waals surface area contributed by atoms with Crippen LogP contribution in [0.25, 0.3) is 10.9 Å². The molecular weight excluding hydrogens is 477 g/mol. The van der Waals surface area contributed by atoms with Gasteiger partial charge in [0.15, 0.2) is 17.4 Å². The Kier molecular flexibility index (Phi) is 7.20. The molecule has 0 aliphatic rings. The highest BCUT2D eigenvalue weighted by molar-refractivity contribution is 6.06. The fourth-order valence-electron chi connectivity index (χ4n) is 3.34. The van der Waals surface area contributed by atoms with E-state index in [1.54, 1.807) is 25.1 Å². The molecule has 0 saturated heterocycles. The van der Waals surface area contributed by atoms with Crippen molar-refractivity contribution in [2.75, 3.05) is 19.0 Å². The number of nitrogens with one attached hydrogen (secondary N) is 1. The molecule has 1 atom stereocenters. The Balaban J connectivity index is 1.58. The molecule has 4 aromatic rings. The van der Waals surface area contributed by atoms with Gasteiger partial charge in [-0.2, -0.15) is 4.39 Å². The number of ether oxygens (including phenoxy) is 3. The van der Waals surface area contributed by atoms with Crippen LogP contribution in [0.15, 0.2) is 54.9 Å². The predicted molar refractivity (Wildman–Crippen MR) is 126 cm³/mol. The maximum Gasteiger partial charge on any atom is 0.264 e. The van der Waals surface area contributed by atoms with Crippen molar-refractivity contribution < 1.29 is 32.2 Å². The zero-order chi connectivity index (χ0) is 25.8. The van der Waals surface area contributed by atoms with Gasteiger partial charge in [-0.05, 0) is 31.2 Å². The Morgan fingerprint density at radius 3 is 2.42 bits per heavy atom. The van der Waals surface area contributed by atoms with Crippen molar-refractivity contribution in [2.24, 2.45) is 5.73 Å². The van der Waals surface area contributed by atoms with E-state index in [2.05, 4.69) is 15.3 Å². The first-order valence-electron chi connectivity index (χ1n) is 10.7. The number of aromatic nitrogens is 2. The number of pyridine rings is 2. The van der Waals surface area contributed by atoms with Crippen molar-refractivity contribution in [3.63, 3.8) is 0 Å². The number of amides is 1. The van der Waals surface area contributed by atoms with E-state index in [0.29, 0.717) is 23.3 Å². The molecule has 2 heterocycles. The SMILES string of the molecule is COc1ccnc(F)c1C(=O)Nc1cc(F)c(Oc2ccnc3cc(OCC(C)N)ccc23)c(F)c1. The number of anilines is 1. The average molecular weight is 498 g/mol. The smallest absolute Gasteiger partial charge is 0.264 e. The van der Waals surface area contributed by atoms with Crippen LogP contribution in [0.1, 0.15) is 17.3 Å². The molecular formula is C25H21F3N4O4. The quantitative estimate of drug-likeness (QED) is 0.335. The van der Waals surface area contributed by atoms with Crippen LogP contribution in [0.2, 0.25) is 0 Å². The molecule has 0 saturated carbocycles. The van der Waals surface area contributed by atoms with Crippen molar-refractivity contribution in [3.8, 4) is 23.0 Å². The summed E-state index contributed by atoms with van der Waals surface area (Å²) in [6.07, 6.45) is 2.54. The van der Waals surface area contributed by atoms with Crippen LogP contribution in [-0.2, 0) is 0 Å². The molecule has 3 N–H and O–H groups in total. The second-order valence-corrected chi connectivity index (χ2v) is 7.78. The number of methoxy groups -OCH3 is 1. The number of benzene rings is 2. The second-order valence-electron chi connectivity index (χ2n) is 7.78. The number of carbonyl (C=O) groups excluding carboxylic acids is 1. The summed E-state index contributed by atoms with van der Waals surface area (Å²) in [4.78, 5) is 20.1. The number of rotatable bonds is 8. The van der Waals surface area contributed by atoms with Crippen LogP contribution in [0.3, 0.4) is 0 Å². The molecule has 0 fully saturated rings. The number of hydrogen-bond acceptors (Lipinski definition) is 7. The van der Waals surface area contributed by atoms with Gasteiger partial charge in [0.25, 0.3) is 5.91 Å². The van der Waals surface area contributed by atoms with E-state index in [1.165, 1.54) is 25.4 Å².